The second-order valence-electron chi connectivity index (χ2n) is 3.71. The zero-order valence-electron chi connectivity index (χ0n) is 8.36. The van der Waals surface area contributed by atoms with E-state index in [2.05, 4.69) is 17.3 Å². The van der Waals surface area contributed by atoms with E-state index >= 15 is 0 Å². The molecule has 0 atom stereocenters. The van der Waals surface area contributed by atoms with E-state index in [1.54, 1.807) is 6.07 Å². The van der Waals surface area contributed by atoms with Crippen molar-refractivity contribution < 1.29 is 4.79 Å². The predicted molar refractivity (Wildman–Crippen MR) is 53.0 cm³/mol. The van der Waals surface area contributed by atoms with Crippen LogP contribution in [0.3, 0.4) is 0 Å². The lowest BCUT2D eigenvalue weighted by molar-refractivity contribution is 0.0945. The molecule has 1 amide bonds. The lowest BCUT2D eigenvalue weighted by atomic mass is 10.4. The Morgan fingerprint density at radius 2 is 2.50 bits per heavy atom. The standard InChI is InChI=1S/C10H15N3O/c1-2-6-13-7-5-9(12-13)10(14)11-8-3-4-8/h5,7-8H,2-4,6H2,1H3,(H,11,14). The highest BCUT2D eigenvalue weighted by Gasteiger charge is 2.24. The van der Waals surface area contributed by atoms with Gasteiger partial charge in [-0.25, -0.2) is 0 Å². The number of hydrogen-bond donors (Lipinski definition) is 1. The van der Waals surface area contributed by atoms with Crippen LogP contribution < -0.4 is 5.32 Å². The average Bonchev–Trinajstić information content (AvgIpc) is 2.83. The van der Waals surface area contributed by atoms with Crippen LogP contribution in [0.25, 0.3) is 0 Å². The number of amides is 1. The van der Waals surface area contributed by atoms with Crippen LogP contribution in [0, 0.1) is 0 Å². The maximum atomic E-state index is 11.5. The van der Waals surface area contributed by atoms with Crippen molar-refractivity contribution in [1.29, 1.82) is 0 Å². The van der Waals surface area contributed by atoms with Gasteiger partial charge in [0, 0.05) is 18.8 Å². The molecule has 0 aromatic carbocycles. The molecule has 1 N–H and O–H groups in total. The molecule has 2 rings (SSSR count). The van der Waals surface area contributed by atoms with E-state index in [1.807, 2.05) is 10.9 Å². The Labute approximate surface area is 83.3 Å². The molecule has 1 saturated carbocycles. The summed E-state index contributed by atoms with van der Waals surface area (Å²) in [6.45, 7) is 2.96. The van der Waals surface area contributed by atoms with Gasteiger partial charge in [-0.05, 0) is 25.3 Å². The molecule has 0 aliphatic heterocycles. The largest absolute Gasteiger partial charge is 0.348 e. The number of aromatic nitrogens is 2. The summed E-state index contributed by atoms with van der Waals surface area (Å²) in [6, 6.07) is 2.17. The van der Waals surface area contributed by atoms with Crippen molar-refractivity contribution >= 4 is 5.91 Å². The molecule has 1 aromatic heterocycles. The van der Waals surface area contributed by atoms with Gasteiger partial charge in [-0.2, -0.15) is 5.10 Å². The zero-order chi connectivity index (χ0) is 9.97. The van der Waals surface area contributed by atoms with E-state index in [-0.39, 0.29) is 5.91 Å². The summed E-state index contributed by atoms with van der Waals surface area (Å²) in [6.07, 6.45) is 5.11. The van der Waals surface area contributed by atoms with Crippen molar-refractivity contribution in [2.75, 3.05) is 0 Å². The summed E-state index contributed by atoms with van der Waals surface area (Å²) in [4.78, 5) is 11.5. The highest BCUT2D eigenvalue weighted by molar-refractivity contribution is 5.92. The zero-order valence-corrected chi connectivity index (χ0v) is 8.36. The molecule has 76 valence electrons. The number of carbonyl (C=O) groups is 1. The van der Waals surface area contributed by atoms with E-state index in [0.717, 1.165) is 25.8 Å². The van der Waals surface area contributed by atoms with E-state index in [1.165, 1.54) is 0 Å². The van der Waals surface area contributed by atoms with Crippen LogP contribution in [-0.2, 0) is 6.54 Å². The van der Waals surface area contributed by atoms with Crippen LogP contribution in [0.15, 0.2) is 12.3 Å². The Bertz CT molecular complexity index is 328. The molecule has 1 fully saturated rings. The molecule has 14 heavy (non-hydrogen) atoms. The van der Waals surface area contributed by atoms with Crippen LogP contribution in [0.5, 0.6) is 0 Å². The first-order valence-electron chi connectivity index (χ1n) is 5.14. The molecule has 4 nitrogen and oxygen atoms in total. The highest BCUT2D eigenvalue weighted by atomic mass is 16.2. The first-order valence-corrected chi connectivity index (χ1v) is 5.14. The predicted octanol–water partition coefficient (Wildman–Crippen LogP) is 1.19. The fraction of sp³-hybridized carbons (Fsp3) is 0.600. The van der Waals surface area contributed by atoms with Crippen molar-refractivity contribution in [3.63, 3.8) is 0 Å². The fourth-order valence-corrected chi connectivity index (χ4v) is 1.32. The average molecular weight is 193 g/mol. The van der Waals surface area contributed by atoms with Crippen LogP contribution in [-0.4, -0.2) is 21.7 Å². The summed E-state index contributed by atoms with van der Waals surface area (Å²) < 4.78 is 1.81. The molecule has 4 heteroatoms. The lowest BCUT2D eigenvalue weighted by Crippen LogP contribution is -2.25. The van der Waals surface area contributed by atoms with Crippen molar-refractivity contribution in [3.05, 3.63) is 18.0 Å². The minimum atomic E-state index is -0.0395. The van der Waals surface area contributed by atoms with Crippen LogP contribution in [0.4, 0.5) is 0 Å². The molecule has 0 bridgehead atoms. The molecule has 1 aromatic rings. The van der Waals surface area contributed by atoms with E-state index in [0.29, 0.717) is 11.7 Å². The second kappa shape index (κ2) is 3.82. The van der Waals surface area contributed by atoms with Crippen LogP contribution >= 0.6 is 0 Å². The first-order chi connectivity index (χ1) is 6.79. The van der Waals surface area contributed by atoms with Crippen molar-refractivity contribution in [1.82, 2.24) is 15.1 Å². The summed E-state index contributed by atoms with van der Waals surface area (Å²) in [7, 11) is 0. The SMILES string of the molecule is CCCn1ccc(C(=O)NC2CC2)n1. The molecular formula is C10H15N3O. The number of aryl methyl sites for hydroxylation is 1. The summed E-state index contributed by atoms with van der Waals surface area (Å²) >= 11 is 0. The number of nitrogens with zero attached hydrogens (tertiary/aromatic N) is 2. The Kier molecular flexibility index (Phi) is 2.52. The third-order valence-electron chi connectivity index (χ3n) is 2.24. The highest BCUT2D eigenvalue weighted by Crippen LogP contribution is 2.18. The van der Waals surface area contributed by atoms with E-state index in [9.17, 15) is 4.79 Å². The number of nitrogens with one attached hydrogen (secondary N) is 1. The molecule has 0 spiro atoms. The maximum Gasteiger partial charge on any atom is 0.271 e. The van der Waals surface area contributed by atoms with E-state index < -0.39 is 0 Å². The number of hydrogen-bond acceptors (Lipinski definition) is 2. The molecule has 1 aliphatic rings. The van der Waals surface area contributed by atoms with E-state index in [4.69, 9.17) is 0 Å². The van der Waals surface area contributed by atoms with Crippen molar-refractivity contribution in [3.8, 4) is 0 Å². The van der Waals surface area contributed by atoms with Crippen molar-refractivity contribution in [2.24, 2.45) is 0 Å². The normalized spacial score (nSPS) is 15.5. The van der Waals surface area contributed by atoms with Gasteiger partial charge in [-0.1, -0.05) is 6.92 Å². The second-order valence-corrected chi connectivity index (χ2v) is 3.71. The van der Waals surface area contributed by atoms with Gasteiger partial charge in [0.2, 0.25) is 0 Å². The Hall–Kier alpha value is -1.32. The number of rotatable bonds is 4. The fourth-order valence-electron chi connectivity index (χ4n) is 1.32. The lowest BCUT2D eigenvalue weighted by Gasteiger charge is -1.99. The van der Waals surface area contributed by atoms with Gasteiger partial charge < -0.3 is 5.32 Å². The number of carbonyl (C=O) groups excluding carboxylic acids is 1. The van der Waals surface area contributed by atoms with Crippen molar-refractivity contribution in [2.45, 2.75) is 38.8 Å². The Morgan fingerprint density at radius 3 is 3.14 bits per heavy atom. The third kappa shape index (κ3) is 2.13. The third-order valence-corrected chi connectivity index (χ3v) is 2.24. The van der Waals surface area contributed by atoms with Gasteiger partial charge in [0.1, 0.15) is 5.69 Å². The van der Waals surface area contributed by atoms with Gasteiger partial charge in [-0.15, -0.1) is 0 Å². The van der Waals surface area contributed by atoms with Gasteiger partial charge in [0.25, 0.3) is 5.91 Å². The maximum absolute atomic E-state index is 11.5. The molecule has 0 unspecified atom stereocenters. The molecular weight excluding hydrogens is 178 g/mol. The molecule has 1 aliphatic carbocycles. The molecule has 0 saturated heterocycles. The molecule has 1 heterocycles. The molecule has 0 radical (unpaired) electrons. The van der Waals surface area contributed by atoms with Crippen LogP contribution in [0.1, 0.15) is 36.7 Å². The van der Waals surface area contributed by atoms with Gasteiger partial charge in [0.05, 0.1) is 0 Å². The van der Waals surface area contributed by atoms with Gasteiger partial charge >= 0.3 is 0 Å². The Morgan fingerprint density at radius 1 is 1.71 bits per heavy atom. The topological polar surface area (TPSA) is 46.9 Å². The van der Waals surface area contributed by atoms with Gasteiger partial charge in [-0.3, -0.25) is 9.48 Å². The minimum absolute atomic E-state index is 0.0395. The minimum Gasteiger partial charge on any atom is -0.348 e. The first kappa shape index (κ1) is 9.24. The summed E-state index contributed by atoms with van der Waals surface area (Å²) in [5, 5.41) is 7.10. The monoisotopic (exact) mass is 193 g/mol. The van der Waals surface area contributed by atoms with Crippen LogP contribution in [0.2, 0.25) is 0 Å². The summed E-state index contributed by atoms with van der Waals surface area (Å²) in [5.41, 5.74) is 0.533. The Balaban J connectivity index is 1.96. The smallest absolute Gasteiger partial charge is 0.271 e. The van der Waals surface area contributed by atoms with Gasteiger partial charge in [0.15, 0.2) is 0 Å². The summed E-state index contributed by atoms with van der Waals surface area (Å²) in [5.74, 6) is -0.0395. The quantitative estimate of drug-likeness (QED) is 0.780.